The average molecular weight is 340 g/mol. The number of hydrogen-bond acceptors (Lipinski definition) is 3. The number of guanidine groups is 1. The second-order valence-corrected chi connectivity index (χ2v) is 6.07. The van der Waals surface area contributed by atoms with Crippen LogP contribution in [0.25, 0.3) is 0 Å². The van der Waals surface area contributed by atoms with Crippen LogP contribution in [-0.2, 0) is 6.42 Å². The summed E-state index contributed by atoms with van der Waals surface area (Å²) in [6.45, 7) is 4.78. The van der Waals surface area contributed by atoms with Crippen LogP contribution in [0.3, 0.4) is 0 Å². The zero-order valence-electron chi connectivity index (χ0n) is 14.7. The van der Waals surface area contributed by atoms with Crippen LogP contribution >= 0.6 is 0 Å². The van der Waals surface area contributed by atoms with Crippen LogP contribution in [0.2, 0.25) is 0 Å². The Balaban J connectivity index is 1.73. The Morgan fingerprint density at radius 3 is 2.48 bits per heavy atom. The van der Waals surface area contributed by atoms with Gasteiger partial charge in [0.05, 0.1) is 4.92 Å². The van der Waals surface area contributed by atoms with Crippen LogP contribution in [0, 0.1) is 24.0 Å². The van der Waals surface area contributed by atoms with Gasteiger partial charge in [-0.25, -0.2) is 0 Å². The van der Waals surface area contributed by atoms with Gasteiger partial charge in [-0.05, 0) is 61.9 Å². The lowest BCUT2D eigenvalue weighted by molar-refractivity contribution is -0.384. The molecule has 0 atom stereocenters. The second kappa shape index (κ2) is 8.82. The van der Waals surface area contributed by atoms with Gasteiger partial charge in [0.1, 0.15) is 0 Å². The molecule has 0 radical (unpaired) electrons. The fourth-order valence-electron chi connectivity index (χ4n) is 2.43. The maximum absolute atomic E-state index is 10.6. The Morgan fingerprint density at radius 2 is 1.84 bits per heavy atom. The van der Waals surface area contributed by atoms with Gasteiger partial charge in [-0.15, -0.1) is 0 Å². The number of nitrogens with zero attached hydrogens (tertiary/aromatic N) is 2. The molecule has 0 fully saturated rings. The molecule has 25 heavy (non-hydrogen) atoms. The number of nitro groups is 1. The monoisotopic (exact) mass is 340 g/mol. The van der Waals surface area contributed by atoms with Crippen molar-refractivity contribution in [3.63, 3.8) is 0 Å². The van der Waals surface area contributed by atoms with Gasteiger partial charge in [-0.3, -0.25) is 15.1 Å². The van der Waals surface area contributed by atoms with Crippen molar-refractivity contribution in [1.29, 1.82) is 0 Å². The molecule has 0 bridgehead atoms. The van der Waals surface area contributed by atoms with Crippen LogP contribution in [0.4, 0.5) is 11.4 Å². The average Bonchev–Trinajstić information content (AvgIpc) is 2.58. The van der Waals surface area contributed by atoms with Crippen LogP contribution < -0.4 is 11.1 Å². The fraction of sp³-hybridized carbons (Fsp3) is 0.316. The van der Waals surface area contributed by atoms with Gasteiger partial charge in [0.25, 0.3) is 5.69 Å². The lowest BCUT2D eigenvalue weighted by Gasteiger charge is -2.08. The first-order valence-corrected chi connectivity index (χ1v) is 8.33. The summed E-state index contributed by atoms with van der Waals surface area (Å²) in [4.78, 5) is 14.6. The van der Waals surface area contributed by atoms with E-state index >= 15 is 0 Å². The van der Waals surface area contributed by atoms with Crippen molar-refractivity contribution in [2.45, 2.75) is 33.1 Å². The van der Waals surface area contributed by atoms with Crippen molar-refractivity contribution >= 4 is 17.3 Å². The van der Waals surface area contributed by atoms with Crippen molar-refractivity contribution in [3.8, 4) is 0 Å². The molecular formula is C19H24N4O2. The largest absolute Gasteiger partial charge is 0.370 e. The summed E-state index contributed by atoms with van der Waals surface area (Å²) in [6.07, 6.45) is 2.74. The van der Waals surface area contributed by atoms with E-state index in [-0.39, 0.29) is 10.6 Å². The number of non-ortho nitro benzene ring substituents is 1. The predicted molar refractivity (Wildman–Crippen MR) is 102 cm³/mol. The molecule has 0 amide bonds. The van der Waals surface area contributed by atoms with Gasteiger partial charge < -0.3 is 11.1 Å². The Bertz CT molecular complexity index is 755. The van der Waals surface area contributed by atoms with E-state index in [1.54, 1.807) is 24.3 Å². The van der Waals surface area contributed by atoms with E-state index in [1.807, 2.05) is 12.1 Å². The molecular weight excluding hydrogens is 316 g/mol. The van der Waals surface area contributed by atoms with Crippen LogP contribution in [0.1, 0.15) is 29.5 Å². The minimum absolute atomic E-state index is 0.124. The van der Waals surface area contributed by atoms with Gasteiger partial charge >= 0.3 is 0 Å². The molecule has 2 aromatic rings. The zero-order valence-corrected chi connectivity index (χ0v) is 14.7. The minimum Gasteiger partial charge on any atom is -0.370 e. The van der Waals surface area contributed by atoms with Gasteiger partial charge in [-0.1, -0.05) is 18.2 Å². The molecule has 2 aromatic carbocycles. The third-order valence-corrected chi connectivity index (χ3v) is 4.08. The SMILES string of the molecule is Cc1ccc(NC(N)=NCCCCc2ccc([N+](=O)[O-])cc2)cc1C. The number of nitrogens with two attached hydrogens (primary N) is 1. The molecule has 2 rings (SSSR count). The van der Waals surface area contributed by atoms with E-state index in [4.69, 9.17) is 5.73 Å². The molecule has 6 nitrogen and oxygen atoms in total. The minimum atomic E-state index is -0.385. The first-order valence-electron chi connectivity index (χ1n) is 8.33. The van der Waals surface area contributed by atoms with Gasteiger partial charge in [0.15, 0.2) is 5.96 Å². The quantitative estimate of drug-likeness (QED) is 0.262. The first kappa shape index (κ1) is 18.4. The van der Waals surface area contributed by atoms with E-state index in [9.17, 15) is 10.1 Å². The topological polar surface area (TPSA) is 93.5 Å². The molecule has 0 saturated carbocycles. The number of aliphatic imine (C=N–C) groups is 1. The number of unbranched alkanes of at least 4 members (excludes halogenated alkanes) is 1. The highest BCUT2D eigenvalue weighted by Crippen LogP contribution is 2.14. The van der Waals surface area contributed by atoms with E-state index in [1.165, 1.54) is 11.1 Å². The normalized spacial score (nSPS) is 11.4. The van der Waals surface area contributed by atoms with Crippen LogP contribution in [0.5, 0.6) is 0 Å². The van der Waals surface area contributed by atoms with E-state index < -0.39 is 0 Å². The van der Waals surface area contributed by atoms with Gasteiger partial charge in [0.2, 0.25) is 0 Å². The summed E-state index contributed by atoms with van der Waals surface area (Å²) in [7, 11) is 0. The summed E-state index contributed by atoms with van der Waals surface area (Å²) in [6, 6.07) is 12.8. The van der Waals surface area contributed by atoms with Crippen molar-refractivity contribution < 1.29 is 4.92 Å². The molecule has 0 aliphatic heterocycles. The van der Waals surface area contributed by atoms with Crippen molar-refractivity contribution in [2.75, 3.05) is 11.9 Å². The number of aryl methyl sites for hydroxylation is 3. The maximum Gasteiger partial charge on any atom is 0.269 e. The lowest BCUT2D eigenvalue weighted by Crippen LogP contribution is -2.22. The molecule has 3 N–H and O–H groups in total. The zero-order chi connectivity index (χ0) is 18.2. The van der Waals surface area contributed by atoms with Gasteiger partial charge in [0, 0.05) is 24.4 Å². The molecule has 0 saturated heterocycles. The highest BCUT2D eigenvalue weighted by Gasteiger charge is 2.03. The van der Waals surface area contributed by atoms with Crippen LogP contribution in [0.15, 0.2) is 47.5 Å². The van der Waals surface area contributed by atoms with E-state index in [2.05, 4.69) is 30.2 Å². The molecule has 132 valence electrons. The summed E-state index contributed by atoms with van der Waals surface area (Å²) in [5, 5.41) is 13.7. The molecule has 0 aromatic heterocycles. The molecule has 0 heterocycles. The second-order valence-electron chi connectivity index (χ2n) is 6.07. The first-order chi connectivity index (χ1) is 12.0. The number of rotatable bonds is 7. The molecule has 6 heteroatoms. The molecule has 0 aliphatic rings. The van der Waals surface area contributed by atoms with Crippen molar-refractivity contribution in [3.05, 3.63) is 69.3 Å². The smallest absolute Gasteiger partial charge is 0.269 e. The Kier molecular flexibility index (Phi) is 6.51. The maximum atomic E-state index is 10.6. The summed E-state index contributed by atoms with van der Waals surface area (Å²) in [5.41, 5.74) is 10.5. The summed E-state index contributed by atoms with van der Waals surface area (Å²) in [5.74, 6) is 0.415. The van der Waals surface area contributed by atoms with Crippen molar-refractivity contribution in [2.24, 2.45) is 10.7 Å². The Labute approximate surface area is 147 Å². The Morgan fingerprint density at radius 1 is 1.12 bits per heavy atom. The predicted octanol–water partition coefficient (Wildman–Crippen LogP) is 3.96. The lowest BCUT2D eigenvalue weighted by atomic mass is 10.1. The number of nitrogens with one attached hydrogen (secondary N) is 1. The van der Waals surface area contributed by atoms with E-state index in [0.717, 1.165) is 30.5 Å². The third kappa shape index (κ3) is 5.91. The Hall–Kier alpha value is -2.89. The number of anilines is 1. The number of hydrogen-bond donors (Lipinski definition) is 2. The van der Waals surface area contributed by atoms with Crippen LogP contribution in [-0.4, -0.2) is 17.4 Å². The summed E-state index contributed by atoms with van der Waals surface area (Å²) < 4.78 is 0. The van der Waals surface area contributed by atoms with Gasteiger partial charge in [-0.2, -0.15) is 0 Å². The number of nitro benzene ring substituents is 1. The highest BCUT2D eigenvalue weighted by molar-refractivity contribution is 5.92. The standard InChI is InChI=1S/C19H24N4O2/c1-14-6-9-17(13-15(14)2)22-19(20)21-12-4-3-5-16-7-10-18(11-8-16)23(24)25/h6-11,13H,3-5,12H2,1-2H3,(H3,20,21,22). The van der Waals surface area contributed by atoms with E-state index in [0.29, 0.717) is 12.5 Å². The molecule has 0 unspecified atom stereocenters. The van der Waals surface area contributed by atoms with Crippen molar-refractivity contribution in [1.82, 2.24) is 0 Å². The summed E-state index contributed by atoms with van der Waals surface area (Å²) >= 11 is 0. The fourth-order valence-corrected chi connectivity index (χ4v) is 2.43. The number of benzene rings is 2. The molecule has 0 spiro atoms. The molecule has 0 aliphatic carbocycles. The third-order valence-electron chi connectivity index (χ3n) is 4.08. The highest BCUT2D eigenvalue weighted by atomic mass is 16.6.